The van der Waals surface area contributed by atoms with E-state index >= 15 is 0 Å². The Balaban J connectivity index is 2.65. The van der Waals surface area contributed by atoms with Crippen LogP contribution in [0.5, 0.6) is 0 Å². The van der Waals surface area contributed by atoms with Gasteiger partial charge in [-0.15, -0.1) is 0 Å². The van der Waals surface area contributed by atoms with E-state index in [4.69, 9.17) is 5.73 Å². The van der Waals surface area contributed by atoms with E-state index in [9.17, 15) is 8.42 Å². The van der Waals surface area contributed by atoms with Gasteiger partial charge in [0.25, 0.3) is 0 Å². The quantitative estimate of drug-likeness (QED) is 0.819. The van der Waals surface area contributed by atoms with Crippen LogP contribution in [0, 0.1) is 5.92 Å². The standard InChI is InChI=1S/C11H16NO2S/c1-10(7-12)8-15(13,14)9-11-5-3-2-4-6-11/h2-6H,7-9,12H2,1H3. The largest absolute Gasteiger partial charge is 0.330 e. The Morgan fingerprint density at radius 1 is 1.27 bits per heavy atom. The molecule has 4 heteroatoms. The molecule has 2 N–H and O–H groups in total. The third-order valence-electron chi connectivity index (χ3n) is 2.04. The van der Waals surface area contributed by atoms with E-state index in [0.29, 0.717) is 6.54 Å². The molecule has 0 amide bonds. The Labute approximate surface area is 91.2 Å². The zero-order valence-corrected chi connectivity index (χ0v) is 9.63. The summed E-state index contributed by atoms with van der Waals surface area (Å²) in [7, 11) is -3.06. The average Bonchev–Trinajstić information content (AvgIpc) is 2.17. The summed E-state index contributed by atoms with van der Waals surface area (Å²) in [4.78, 5) is 0. The molecule has 0 atom stereocenters. The molecule has 0 saturated carbocycles. The lowest BCUT2D eigenvalue weighted by Gasteiger charge is -2.08. The van der Waals surface area contributed by atoms with Gasteiger partial charge in [-0.2, -0.15) is 0 Å². The lowest BCUT2D eigenvalue weighted by Crippen LogP contribution is -2.20. The first-order valence-electron chi connectivity index (χ1n) is 4.79. The molecule has 0 aliphatic rings. The van der Waals surface area contributed by atoms with Gasteiger partial charge in [0.2, 0.25) is 0 Å². The van der Waals surface area contributed by atoms with Gasteiger partial charge >= 0.3 is 0 Å². The van der Waals surface area contributed by atoms with E-state index < -0.39 is 9.84 Å². The lowest BCUT2D eigenvalue weighted by molar-refractivity contribution is 0.594. The van der Waals surface area contributed by atoms with Gasteiger partial charge in [-0.3, -0.25) is 0 Å². The molecule has 0 unspecified atom stereocenters. The zero-order valence-electron chi connectivity index (χ0n) is 8.81. The highest BCUT2D eigenvalue weighted by Crippen LogP contribution is 2.09. The highest BCUT2D eigenvalue weighted by atomic mass is 32.2. The Kier molecular flexibility index (Phi) is 4.29. The number of benzene rings is 1. The monoisotopic (exact) mass is 226 g/mol. The van der Waals surface area contributed by atoms with Crippen molar-refractivity contribution in [3.63, 3.8) is 0 Å². The molecule has 15 heavy (non-hydrogen) atoms. The van der Waals surface area contributed by atoms with Gasteiger partial charge < -0.3 is 5.73 Å². The maximum absolute atomic E-state index is 11.7. The molecule has 0 aliphatic carbocycles. The highest BCUT2D eigenvalue weighted by molar-refractivity contribution is 7.90. The minimum Gasteiger partial charge on any atom is -0.330 e. The second-order valence-electron chi connectivity index (χ2n) is 3.68. The summed E-state index contributed by atoms with van der Waals surface area (Å²) in [6.07, 6.45) is 0. The second-order valence-corrected chi connectivity index (χ2v) is 5.74. The third-order valence-corrected chi connectivity index (χ3v) is 3.75. The van der Waals surface area contributed by atoms with Gasteiger partial charge in [0.05, 0.1) is 11.5 Å². The molecule has 0 spiro atoms. The molecule has 3 nitrogen and oxygen atoms in total. The number of sulfone groups is 1. The number of nitrogens with two attached hydrogens (primary N) is 1. The van der Waals surface area contributed by atoms with E-state index in [1.165, 1.54) is 0 Å². The first-order valence-corrected chi connectivity index (χ1v) is 6.61. The fraction of sp³-hybridized carbons (Fsp3) is 0.364. The first kappa shape index (κ1) is 12.2. The Morgan fingerprint density at radius 3 is 2.40 bits per heavy atom. The van der Waals surface area contributed by atoms with E-state index in [2.05, 4.69) is 0 Å². The maximum atomic E-state index is 11.7. The van der Waals surface area contributed by atoms with Crippen molar-refractivity contribution in [2.45, 2.75) is 12.7 Å². The van der Waals surface area contributed by atoms with Gasteiger partial charge in [-0.25, -0.2) is 8.42 Å². The smallest absolute Gasteiger partial charge is 0.155 e. The summed E-state index contributed by atoms with van der Waals surface area (Å²) >= 11 is 0. The van der Waals surface area contributed by atoms with Crippen molar-refractivity contribution in [1.82, 2.24) is 0 Å². The van der Waals surface area contributed by atoms with Crippen LogP contribution in [0.3, 0.4) is 0 Å². The Hall–Kier alpha value is -0.870. The van der Waals surface area contributed by atoms with Crippen molar-refractivity contribution >= 4 is 9.84 Å². The number of hydrogen-bond acceptors (Lipinski definition) is 3. The van der Waals surface area contributed by atoms with Crippen molar-refractivity contribution in [1.29, 1.82) is 0 Å². The molecular weight excluding hydrogens is 210 g/mol. The molecule has 0 aromatic heterocycles. The normalized spacial score (nSPS) is 11.9. The topological polar surface area (TPSA) is 60.2 Å². The fourth-order valence-corrected chi connectivity index (χ4v) is 2.98. The van der Waals surface area contributed by atoms with Crippen LogP contribution >= 0.6 is 0 Å². The van der Waals surface area contributed by atoms with Crippen LogP contribution in [0.4, 0.5) is 0 Å². The Morgan fingerprint density at radius 2 is 1.87 bits per heavy atom. The second kappa shape index (κ2) is 5.28. The molecule has 0 bridgehead atoms. The molecule has 0 aliphatic heterocycles. The van der Waals surface area contributed by atoms with Crippen LogP contribution in [0.2, 0.25) is 0 Å². The molecule has 1 radical (unpaired) electrons. The van der Waals surface area contributed by atoms with Gasteiger partial charge in [0.1, 0.15) is 0 Å². The third kappa shape index (κ3) is 4.44. The SMILES string of the molecule is C[C](CN)CS(=O)(=O)Cc1ccccc1. The summed E-state index contributed by atoms with van der Waals surface area (Å²) in [5, 5.41) is 0. The Bertz CT molecular complexity index is 386. The van der Waals surface area contributed by atoms with Crippen LogP contribution in [0.25, 0.3) is 0 Å². The maximum Gasteiger partial charge on any atom is 0.155 e. The van der Waals surface area contributed by atoms with Crippen molar-refractivity contribution in [3.8, 4) is 0 Å². The summed E-state index contributed by atoms with van der Waals surface area (Å²) in [5.74, 6) is 0.967. The minimum atomic E-state index is -3.06. The molecule has 1 aromatic rings. The summed E-state index contributed by atoms with van der Waals surface area (Å²) in [5.41, 5.74) is 6.19. The van der Waals surface area contributed by atoms with Gasteiger partial charge in [-0.1, -0.05) is 37.3 Å². The van der Waals surface area contributed by atoms with Gasteiger partial charge in [-0.05, 0) is 12.1 Å². The minimum absolute atomic E-state index is 0.0817. The average molecular weight is 226 g/mol. The van der Waals surface area contributed by atoms with Crippen LogP contribution in [-0.2, 0) is 15.6 Å². The summed E-state index contributed by atoms with van der Waals surface area (Å²) in [6, 6.07) is 9.17. The van der Waals surface area contributed by atoms with Crippen molar-refractivity contribution in [2.75, 3.05) is 12.3 Å². The van der Waals surface area contributed by atoms with Crippen LogP contribution < -0.4 is 5.73 Å². The van der Waals surface area contributed by atoms with E-state index in [-0.39, 0.29) is 11.5 Å². The van der Waals surface area contributed by atoms with Crippen molar-refractivity contribution in [2.24, 2.45) is 5.73 Å². The molecular formula is C11H16NO2S. The lowest BCUT2D eigenvalue weighted by atomic mass is 10.2. The van der Waals surface area contributed by atoms with Gasteiger partial charge in [0.15, 0.2) is 9.84 Å². The van der Waals surface area contributed by atoms with Crippen LogP contribution in [-0.4, -0.2) is 20.7 Å². The molecule has 0 fully saturated rings. The van der Waals surface area contributed by atoms with Crippen LogP contribution in [0.1, 0.15) is 12.5 Å². The van der Waals surface area contributed by atoms with Crippen molar-refractivity contribution in [3.05, 3.63) is 41.8 Å². The summed E-state index contributed by atoms with van der Waals surface area (Å²) in [6.45, 7) is 2.09. The van der Waals surface area contributed by atoms with E-state index in [1.54, 1.807) is 6.92 Å². The zero-order chi connectivity index (χ0) is 11.3. The first-order chi connectivity index (χ1) is 7.03. The van der Waals surface area contributed by atoms with E-state index in [0.717, 1.165) is 11.5 Å². The molecule has 0 saturated heterocycles. The predicted molar refractivity (Wildman–Crippen MR) is 61.9 cm³/mol. The van der Waals surface area contributed by atoms with E-state index in [1.807, 2.05) is 30.3 Å². The molecule has 1 aromatic carbocycles. The van der Waals surface area contributed by atoms with Gasteiger partial charge in [0, 0.05) is 5.92 Å². The number of hydrogen-bond donors (Lipinski definition) is 1. The molecule has 0 heterocycles. The number of rotatable bonds is 5. The highest BCUT2D eigenvalue weighted by Gasteiger charge is 2.15. The summed E-state index contributed by atoms with van der Waals surface area (Å²) < 4.78 is 23.4. The van der Waals surface area contributed by atoms with Crippen LogP contribution in [0.15, 0.2) is 30.3 Å². The van der Waals surface area contributed by atoms with Crippen molar-refractivity contribution < 1.29 is 8.42 Å². The molecule has 1 rings (SSSR count). The fourth-order valence-electron chi connectivity index (χ4n) is 1.31. The predicted octanol–water partition coefficient (Wildman–Crippen LogP) is 1.15. The molecule has 83 valence electrons.